The first-order valence-electron chi connectivity index (χ1n) is 6.77. The molecular weight excluding hydrogens is 357 g/mol. The van der Waals surface area contributed by atoms with Gasteiger partial charge in [0.1, 0.15) is 17.3 Å². The molecule has 0 bridgehead atoms. The molecule has 0 atom stereocenters. The van der Waals surface area contributed by atoms with Gasteiger partial charge in [-0.3, -0.25) is 0 Å². The van der Waals surface area contributed by atoms with E-state index in [1.54, 1.807) is 12.1 Å². The summed E-state index contributed by atoms with van der Waals surface area (Å²) in [7, 11) is 0. The highest BCUT2D eigenvalue weighted by atomic mass is 79.9. The van der Waals surface area contributed by atoms with E-state index < -0.39 is 0 Å². The molecule has 5 heteroatoms. The largest absolute Gasteiger partial charge is 0.457 e. The van der Waals surface area contributed by atoms with Crippen LogP contribution in [0.15, 0.2) is 40.9 Å². The molecule has 1 aliphatic rings. The lowest BCUT2D eigenvalue weighted by molar-refractivity contribution is 0.470. The highest BCUT2D eigenvalue weighted by Gasteiger charge is 2.21. The molecule has 1 aliphatic carbocycles. The van der Waals surface area contributed by atoms with Crippen molar-refractivity contribution in [1.82, 2.24) is 5.32 Å². The van der Waals surface area contributed by atoms with Gasteiger partial charge in [-0.15, -0.1) is 0 Å². The number of halogens is 3. The van der Waals surface area contributed by atoms with E-state index >= 15 is 0 Å². The number of benzene rings is 2. The van der Waals surface area contributed by atoms with Crippen molar-refractivity contribution in [2.24, 2.45) is 0 Å². The van der Waals surface area contributed by atoms with Gasteiger partial charge in [0.2, 0.25) is 0 Å². The van der Waals surface area contributed by atoms with Gasteiger partial charge in [0.05, 0.1) is 4.47 Å². The predicted molar refractivity (Wildman–Crippen MR) is 85.5 cm³/mol. The van der Waals surface area contributed by atoms with Crippen molar-refractivity contribution in [3.05, 3.63) is 57.3 Å². The van der Waals surface area contributed by atoms with E-state index in [0.29, 0.717) is 33.6 Å². The number of rotatable bonds is 5. The maximum atomic E-state index is 13.3. The molecule has 0 heterocycles. The molecule has 1 N–H and O–H groups in total. The number of hydrogen-bond acceptors (Lipinski definition) is 2. The number of nitrogens with one attached hydrogen (secondary N) is 1. The van der Waals surface area contributed by atoms with Crippen molar-refractivity contribution in [3.63, 3.8) is 0 Å². The van der Waals surface area contributed by atoms with Gasteiger partial charge in [-0.1, -0.05) is 17.7 Å². The second-order valence-corrected chi connectivity index (χ2v) is 6.31. The third-order valence-electron chi connectivity index (χ3n) is 3.34. The van der Waals surface area contributed by atoms with Crippen molar-refractivity contribution in [3.8, 4) is 11.5 Å². The Hall–Kier alpha value is -1.10. The van der Waals surface area contributed by atoms with Crippen molar-refractivity contribution in [2.75, 3.05) is 0 Å². The minimum atomic E-state index is -0.316. The maximum absolute atomic E-state index is 13.3. The van der Waals surface area contributed by atoms with E-state index in [-0.39, 0.29) is 5.82 Å². The fourth-order valence-electron chi connectivity index (χ4n) is 2.01. The predicted octanol–water partition coefficient (Wildman–Crippen LogP) is 5.29. The van der Waals surface area contributed by atoms with E-state index in [9.17, 15) is 4.39 Å². The summed E-state index contributed by atoms with van der Waals surface area (Å²) < 4.78 is 19.5. The molecule has 1 saturated carbocycles. The van der Waals surface area contributed by atoms with Crippen molar-refractivity contribution >= 4 is 27.5 Å². The van der Waals surface area contributed by atoms with Crippen LogP contribution in [0.3, 0.4) is 0 Å². The van der Waals surface area contributed by atoms with Gasteiger partial charge in [0.15, 0.2) is 0 Å². The van der Waals surface area contributed by atoms with Crippen LogP contribution in [0.1, 0.15) is 18.4 Å². The summed E-state index contributed by atoms with van der Waals surface area (Å²) in [5.74, 6) is 0.941. The molecule has 0 spiro atoms. The normalized spacial score (nSPS) is 14.2. The van der Waals surface area contributed by atoms with Gasteiger partial charge in [-0.2, -0.15) is 0 Å². The lowest BCUT2D eigenvalue weighted by Gasteiger charge is -2.13. The van der Waals surface area contributed by atoms with Crippen LogP contribution in [0, 0.1) is 5.82 Å². The Kier molecular flexibility index (Phi) is 4.48. The van der Waals surface area contributed by atoms with Crippen LogP contribution < -0.4 is 10.1 Å². The van der Waals surface area contributed by atoms with Crippen LogP contribution in [-0.4, -0.2) is 6.04 Å². The SMILES string of the molecule is Fc1ccc(Oc2cccc(Cl)c2CNC2CC2)cc1Br. The van der Waals surface area contributed by atoms with Gasteiger partial charge in [-0.25, -0.2) is 4.39 Å². The minimum Gasteiger partial charge on any atom is -0.457 e. The summed E-state index contributed by atoms with van der Waals surface area (Å²) in [5.41, 5.74) is 0.923. The second kappa shape index (κ2) is 6.34. The molecular formula is C16H14BrClFNO. The first-order valence-corrected chi connectivity index (χ1v) is 7.94. The lowest BCUT2D eigenvalue weighted by atomic mass is 10.2. The number of hydrogen-bond donors (Lipinski definition) is 1. The summed E-state index contributed by atoms with van der Waals surface area (Å²) >= 11 is 9.42. The molecule has 110 valence electrons. The molecule has 2 nitrogen and oxygen atoms in total. The molecule has 0 aliphatic heterocycles. The third-order valence-corrected chi connectivity index (χ3v) is 4.30. The van der Waals surface area contributed by atoms with E-state index in [2.05, 4.69) is 21.2 Å². The third kappa shape index (κ3) is 3.76. The van der Waals surface area contributed by atoms with Gasteiger partial charge in [0, 0.05) is 23.2 Å². The molecule has 0 radical (unpaired) electrons. The van der Waals surface area contributed by atoms with E-state index in [1.165, 1.54) is 18.9 Å². The molecule has 0 saturated heterocycles. The summed E-state index contributed by atoms with van der Waals surface area (Å²) in [6.07, 6.45) is 2.43. The molecule has 2 aromatic carbocycles. The summed E-state index contributed by atoms with van der Waals surface area (Å²) in [4.78, 5) is 0. The highest BCUT2D eigenvalue weighted by molar-refractivity contribution is 9.10. The molecule has 0 amide bonds. The molecule has 3 rings (SSSR count). The van der Waals surface area contributed by atoms with Gasteiger partial charge in [-0.05, 0) is 59.1 Å². The zero-order valence-electron chi connectivity index (χ0n) is 11.2. The van der Waals surface area contributed by atoms with E-state index in [4.69, 9.17) is 16.3 Å². The van der Waals surface area contributed by atoms with Gasteiger partial charge in [0.25, 0.3) is 0 Å². The summed E-state index contributed by atoms with van der Waals surface area (Å²) in [6, 6.07) is 10.7. The Morgan fingerprint density at radius 1 is 1.29 bits per heavy atom. The average Bonchev–Trinajstić information content (AvgIpc) is 3.26. The smallest absolute Gasteiger partial charge is 0.137 e. The average molecular weight is 371 g/mol. The molecule has 21 heavy (non-hydrogen) atoms. The quantitative estimate of drug-likeness (QED) is 0.772. The Morgan fingerprint density at radius 3 is 2.81 bits per heavy atom. The van der Waals surface area contributed by atoms with Crippen LogP contribution in [0.5, 0.6) is 11.5 Å². The van der Waals surface area contributed by atoms with E-state index in [0.717, 1.165) is 5.56 Å². The zero-order chi connectivity index (χ0) is 14.8. The lowest BCUT2D eigenvalue weighted by Crippen LogP contribution is -2.16. The van der Waals surface area contributed by atoms with Crippen LogP contribution >= 0.6 is 27.5 Å². The Morgan fingerprint density at radius 2 is 2.10 bits per heavy atom. The van der Waals surface area contributed by atoms with Gasteiger partial charge < -0.3 is 10.1 Å². The van der Waals surface area contributed by atoms with Crippen LogP contribution in [0.25, 0.3) is 0 Å². The first-order chi connectivity index (χ1) is 10.1. The first kappa shape index (κ1) is 14.8. The Bertz CT molecular complexity index is 661. The van der Waals surface area contributed by atoms with Crippen LogP contribution in [0.2, 0.25) is 5.02 Å². The standard InChI is InChI=1S/C16H14BrClFNO/c17-13-8-11(6-7-15(13)19)21-16-3-1-2-14(18)12(16)9-20-10-4-5-10/h1-3,6-8,10,20H,4-5,9H2. The van der Waals surface area contributed by atoms with Crippen molar-refractivity contribution < 1.29 is 9.13 Å². The zero-order valence-corrected chi connectivity index (χ0v) is 13.5. The molecule has 0 unspecified atom stereocenters. The Labute approximate surface area is 136 Å². The minimum absolute atomic E-state index is 0.316. The summed E-state index contributed by atoms with van der Waals surface area (Å²) in [6.45, 7) is 0.669. The van der Waals surface area contributed by atoms with E-state index in [1.807, 2.05) is 18.2 Å². The fraction of sp³-hybridized carbons (Fsp3) is 0.250. The Balaban J connectivity index is 1.82. The molecule has 1 fully saturated rings. The van der Waals surface area contributed by atoms with Crippen LogP contribution in [0.4, 0.5) is 4.39 Å². The highest BCUT2D eigenvalue weighted by Crippen LogP contribution is 2.32. The maximum Gasteiger partial charge on any atom is 0.137 e. The fourth-order valence-corrected chi connectivity index (χ4v) is 2.60. The monoisotopic (exact) mass is 369 g/mol. The van der Waals surface area contributed by atoms with Gasteiger partial charge >= 0.3 is 0 Å². The summed E-state index contributed by atoms with van der Waals surface area (Å²) in [5, 5.41) is 4.10. The molecule has 0 aromatic heterocycles. The number of ether oxygens (including phenoxy) is 1. The topological polar surface area (TPSA) is 21.3 Å². The van der Waals surface area contributed by atoms with Crippen LogP contribution in [-0.2, 0) is 6.54 Å². The van der Waals surface area contributed by atoms with Crippen molar-refractivity contribution in [2.45, 2.75) is 25.4 Å². The second-order valence-electron chi connectivity index (χ2n) is 5.05. The molecule has 2 aromatic rings. The van der Waals surface area contributed by atoms with Crippen molar-refractivity contribution in [1.29, 1.82) is 0 Å².